The molecule has 27 heavy (non-hydrogen) atoms. The van der Waals surface area contributed by atoms with Crippen LogP contribution in [0.2, 0.25) is 0 Å². The van der Waals surface area contributed by atoms with E-state index in [2.05, 4.69) is 60.6 Å². The zero-order valence-corrected chi connectivity index (χ0v) is 18.5. The molecule has 1 aromatic heterocycles. The van der Waals surface area contributed by atoms with Crippen molar-refractivity contribution in [3.8, 4) is 0 Å². The van der Waals surface area contributed by atoms with Crippen LogP contribution in [0.4, 0.5) is 17.5 Å². The lowest BCUT2D eigenvalue weighted by Gasteiger charge is -2.30. The molecule has 0 unspecified atom stereocenters. The van der Waals surface area contributed by atoms with Crippen molar-refractivity contribution in [3.63, 3.8) is 0 Å². The summed E-state index contributed by atoms with van der Waals surface area (Å²) >= 11 is 7.75. The predicted molar refractivity (Wildman–Crippen MR) is 125 cm³/mol. The van der Waals surface area contributed by atoms with Crippen molar-refractivity contribution in [1.29, 1.82) is 0 Å². The number of thiocarbonyl (C=S) groups is 1. The third kappa shape index (κ3) is 6.17. The van der Waals surface area contributed by atoms with Crippen LogP contribution in [0.3, 0.4) is 0 Å². The van der Waals surface area contributed by atoms with E-state index in [4.69, 9.17) is 12.2 Å². The zero-order valence-electron chi connectivity index (χ0n) is 15.6. The number of rotatable bonds is 5. The number of aromatic nitrogens is 2. The number of halogens is 1. The van der Waals surface area contributed by atoms with E-state index in [0.717, 1.165) is 37.2 Å². The Morgan fingerprint density at radius 3 is 2.41 bits per heavy atom. The Labute approximate surface area is 179 Å². The third-order valence-corrected chi connectivity index (χ3v) is 5.54. The number of nitrogens with zero attached hydrogens (tertiary/aromatic N) is 3. The molecule has 1 fully saturated rings. The van der Waals surface area contributed by atoms with Gasteiger partial charge >= 0.3 is 0 Å². The van der Waals surface area contributed by atoms with E-state index < -0.39 is 0 Å². The molecule has 2 aromatic rings. The summed E-state index contributed by atoms with van der Waals surface area (Å²) in [6.07, 6.45) is 6.07. The molecule has 0 atom stereocenters. The van der Waals surface area contributed by atoms with Gasteiger partial charge in [-0.25, -0.2) is 4.98 Å². The molecule has 6 nitrogen and oxygen atoms in total. The SMILES string of the molecule is CN(C)c1ccnc(NC2CCC(NC(=S)Nc3ccc(I)cc3)CC2)n1. The van der Waals surface area contributed by atoms with E-state index in [-0.39, 0.29) is 0 Å². The quantitative estimate of drug-likeness (QED) is 0.429. The highest BCUT2D eigenvalue weighted by Crippen LogP contribution is 2.22. The van der Waals surface area contributed by atoms with Gasteiger partial charge in [0.15, 0.2) is 5.11 Å². The van der Waals surface area contributed by atoms with Crippen molar-refractivity contribution < 1.29 is 0 Å². The Bertz CT molecular complexity index is 759. The standard InChI is InChI=1S/C19H25IN6S/c1-26(2)17-11-12-21-18(25-17)22-14-7-9-16(10-8-14)24-19(27)23-15-5-3-13(20)4-6-15/h3-6,11-12,14,16H,7-10H2,1-2H3,(H,21,22,25)(H2,23,24,27). The van der Waals surface area contributed by atoms with Gasteiger partial charge in [-0.05, 0) is 90.8 Å². The largest absolute Gasteiger partial charge is 0.363 e. The number of hydrogen-bond donors (Lipinski definition) is 3. The Morgan fingerprint density at radius 1 is 1.07 bits per heavy atom. The molecule has 3 rings (SSSR count). The van der Waals surface area contributed by atoms with Crippen molar-refractivity contribution in [3.05, 3.63) is 40.1 Å². The minimum Gasteiger partial charge on any atom is -0.363 e. The van der Waals surface area contributed by atoms with E-state index in [1.54, 1.807) is 6.20 Å². The van der Waals surface area contributed by atoms with Gasteiger partial charge in [-0.2, -0.15) is 4.98 Å². The van der Waals surface area contributed by atoms with Crippen LogP contribution in [0.5, 0.6) is 0 Å². The molecule has 0 aliphatic heterocycles. The fourth-order valence-corrected chi connectivity index (χ4v) is 3.76. The molecule has 1 heterocycles. The van der Waals surface area contributed by atoms with Gasteiger partial charge in [0.2, 0.25) is 5.95 Å². The molecule has 0 bridgehead atoms. The monoisotopic (exact) mass is 496 g/mol. The highest BCUT2D eigenvalue weighted by Gasteiger charge is 2.22. The van der Waals surface area contributed by atoms with Crippen LogP contribution in [0, 0.1) is 3.57 Å². The van der Waals surface area contributed by atoms with Crippen LogP contribution >= 0.6 is 34.8 Å². The summed E-state index contributed by atoms with van der Waals surface area (Å²) in [4.78, 5) is 10.9. The van der Waals surface area contributed by atoms with Crippen molar-refractivity contribution in [2.75, 3.05) is 29.6 Å². The van der Waals surface area contributed by atoms with Crippen LogP contribution in [-0.4, -0.2) is 41.3 Å². The molecule has 0 radical (unpaired) electrons. The van der Waals surface area contributed by atoms with Crippen molar-refractivity contribution in [1.82, 2.24) is 15.3 Å². The van der Waals surface area contributed by atoms with Gasteiger partial charge in [0.05, 0.1) is 0 Å². The molecule has 3 N–H and O–H groups in total. The molecule has 0 spiro atoms. The first kappa shape index (κ1) is 20.1. The second-order valence-electron chi connectivity index (χ2n) is 6.93. The number of benzene rings is 1. The predicted octanol–water partition coefficient (Wildman–Crippen LogP) is 3.86. The number of hydrogen-bond acceptors (Lipinski definition) is 5. The average molecular weight is 496 g/mol. The second kappa shape index (κ2) is 9.50. The third-order valence-electron chi connectivity index (χ3n) is 4.60. The van der Waals surface area contributed by atoms with Crippen LogP contribution in [-0.2, 0) is 0 Å². The summed E-state index contributed by atoms with van der Waals surface area (Å²) in [5.74, 6) is 1.61. The maximum Gasteiger partial charge on any atom is 0.224 e. The molecule has 1 aliphatic carbocycles. The van der Waals surface area contributed by atoms with Gasteiger partial charge in [-0.15, -0.1) is 0 Å². The first-order chi connectivity index (χ1) is 13.0. The van der Waals surface area contributed by atoms with Gasteiger partial charge in [-0.3, -0.25) is 0 Å². The average Bonchev–Trinajstić information content (AvgIpc) is 2.65. The minimum atomic E-state index is 0.401. The zero-order chi connectivity index (χ0) is 19.2. The fraction of sp³-hybridized carbons (Fsp3) is 0.421. The molecule has 1 aromatic carbocycles. The van der Waals surface area contributed by atoms with Crippen LogP contribution in [0.1, 0.15) is 25.7 Å². The smallest absolute Gasteiger partial charge is 0.224 e. The van der Waals surface area contributed by atoms with E-state index in [9.17, 15) is 0 Å². The van der Waals surface area contributed by atoms with Gasteiger partial charge < -0.3 is 20.9 Å². The lowest BCUT2D eigenvalue weighted by atomic mass is 9.91. The molecule has 0 amide bonds. The van der Waals surface area contributed by atoms with Gasteiger partial charge in [0.25, 0.3) is 0 Å². The van der Waals surface area contributed by atoms with Crippen LogP contribution < -0.4 is 20.9 Å². The van der Waals surface area contributed by atoms with Crippen molar-refractivity contribution in [2.24, 2.45) is 0 Å². The summed E-state index contributed by atoms with van der Waals surface area (Å²) < 4.78 is 1.21. The normalized spacial score (nSPS) is 19.2. The topological polar surface area (TPSA) is 65.1 Å². The maximum absolute atomic E-state index is 5.46. The number of nitrogens with one attached hydrogen (secondary N) is 3. The van der Waals surface area contributed by atoms with E-state index in [1.807, 2.05) is 37.2 Å². The summed E-state index contributed by atoms with van der Waals surface area (Å²) in [5, 5.41) is 10.9. The Kier molecular flexibility index (Phi) is 7.06. The lowest BCUT2D eigenvalue weighted by Crippen LogP contribution is -2.42. The molecule has 0 saturated heterocycles. The van der Waals surface area contributed by atoms with Gasteiger partial charge in [-0.1, -0.05) is 0 Å². The van der Waals surface area contributed by atoms with E-state index in [1.165, 1.54) is 3.57 Å². The van der Waals surface area contributed by atoms with E-state index >= 15 is 0 Å². The van der Waals surface area contributed by atoms with Crippen molar-refractivity contribution in [2.45, 2.75) is 37.8 Å². The molecular formula is C19H25IN6S. The first-order valence-electron chi connectivity index (χ1n) is 9.09. The van der Waals surface area contributed by atoms with Gasteiger partial charge in [0.1, 0.15) is 5.82 Å². The maximum atomic E-state index is 5.46. The minimum absolute atomic E-state index is 0.401. The van der Waals surface area contributed by atoms with Crippen LogP contribution in [0.15, 0.2) is 36.5 Å². The second-order valence-corrected chi connectivity index (χ2v) is 8.58. The lowest BCUT2D eigenvalue weighted by molar-refractivity contribution is 0.387. The Hall–Kier alpha value is -1.68. The van der Waals surface area contributed by atoms with Crippen LogP contribution in [0.25, 0.3) is 0 Å². The summed E-state index contributed by atoms with van der Waals surface area (Å²) in [6, 6.07) is 10.9. The summed E-state index contributed by atoms with van der Waals surface area (Å²) in [5.41, 5.74) is 1.01. The number of anilines is 3. The Morgan fingerprint density at radius 2 is 1.74 bits per heavy atom. The molecular weight excluding hydrogens is 471 g/mol. The molecule has 8 heteroatoms. The molecule has 1 aliphatic rings. The molecule has 1 saturated carbocycles. The summed E-state index contributed by atoms with van der Waals surface area (Å²) in [6.45, 7) is 0. The summed E-state index contributed by atoms with van der Waals surface area (Å²) in [7, 11) is 3.96. The molecule has 144 valence electrons. The van der Waals surface area contributed by atoms with E-state index in [0.29, 0.717) is 23.1 Å². The highest BCUT2D eigenvalue weighted by molar-refractivity contribution is 14.1. The highest BCUT2D eigenvalue weighted by atomic mass is 127. The Balaban J connectivity index is 1.44. The van der Waals surface area contributed by atoms with Gasteiger partial charge in [0, 0.05) is 41.6 Å². The fourth-order valence-electron chi connectivity index (χ4n) is 3.12. The van der Waals surface area contributed by atoms with Crippen molar-refractivity contribution >= 4 is 57.4 Å². The first-order valence-corrected chi connectivity index (χ1v) is 10.6.